The van der Waals surface area contributed by atoms with Crippen LogP contribution in [0.15, 0.2) is 30.3 Å². The zero-order chi connectivity index (χ0) is 18.0. The van der Waals surface area contributed by atoms with Gasteiger partial charge < -0.3 is 14.8 Å². The van der Waals surface area contributed by atoms with Gasteiger partial charge in [-0.2, -0.15) is 0 Å². The molecule has 3 rings (SSSR count). The summed E-state index contributed by atoms with van der Waals surface area (Å²) >= 11 is 0. The molecule has 1 heterocycles. The van der Waals surface area contributed by atoms with Crippen LogP contribution < -0.4 is 14.8 Å². The number of halogens is 1. The third-order valence-corrected chi connectivity index (χ3v) is 4.62. The summed E-state index contributed by atoms with van der Waals surface area (Å²) in [5.74, 6) is 0.134. The standard InChI is InChI=1S/C19H19FN2O3/c1-4-12-15(22-19(23)18(12)20)10-25-16-7-5-6-11-8-14(21-2)17(24-3)9-13(11)16/h5-9,12,15,18H,4,10H2,1,3H3,(H,22,23)/t12-,15+,18-/m0/s1. The fraction of sp³-hybridized carbons (Fsp3) is 0.368. The van der Waals surface area contributed by atoms with Crippen molar-refractivity contribution in [3.63, 3.8) is 0 Å². The molecule has 1 saturated heterocycles. The minimum atomic E-state index is -1.48. The number of nitrogens with zero attached hydrogens (tertiary/aromatic N) is 1. The minimum absolute atomic E-state index is 0.191. The van der Waals surface area contributed by atoms with E-state index >= 15 is 0 Å². The molecular formula is C19H19FN2O3. The number of hydrogen-bond donors (Lipinski definition) is 1. The van der Waals surface area contributed by atoms with E-state index in [9.17, 15) is 9.18 Å². The predicted molar refractivity (Wildman–Crippen MR) is 92.9 cm³/mol. The number of nitrogens with one attached hydrogen (secondary N) is 1. The van der Waals surface area contributed by atoms with Crippen LogP contribution in [0.1, 0.15) is 13.3 Å². The van der Waals surface area contributed by atoms with Crippen LogP contribution in [0, 0.1) is 12.5 Å². The van der Waals surface area contributed by atoms with Gasteiger partial charge in [0.1, 0.15) is 18.1 Å². The van der Waals surface area contributed by atoms with Gasteiger partial charge in [0.25, 0.3) is 5.91 Å². The fourth-order valence-corrected chi connectivity index (χ4v) is 3.25. The van der Waals surface area contributed by atoms with Crippen molar-refractivity contribution < 1.29 is 18.7 Å². The summed E-state index contributed by atoms with van der Waals surface area (Å²) in [7, 11) is 1.51. The lowest BCUT2D eigenvalue weighted by molar-refractivity contribution is -0.123. The summed E-state index contributed by atoms with van der Waals surface area (Å²) in [6.45, 7) is 9.28. The van der Waals surface area contributed by atoms with Crippen molar-refractivity contribution >= 4 is 22.4 Å². The van der Waals surface area contributed by atoms with E-state index in [1.54, 1.807) is 12.1 Å². The summed E-state index contributed by atoms with van der Waals surface area (Å²) in [5.41, 5.74) is 0.432. The normalized spacial score (nSPS) is 22.5. The lowest BCUT2D eigenvalue weighted by Crippen LogP contribution is -2.34. The third kappa shape index (κ3) is 3.10. The zero-order valence-electron chi connectivity index (χ0n) is 14.1. The summed E-state index contributed by atoms with van der Waals surface area (Å²) < 4.78 is 25.0. The Morgan fingerprint density at radius 2 is 2.12 bits per heavy atom. The van der Waals surface area contributed by atoms with Crippen molar-refractivity contribution in [1.82, 2.24) is 5.32 Å². The maximum atomic E-state index is 13.9. The van der Waals surface area contributed by atoms with Gasteiger partial charge in [0.2, 0.25) is 5.69 Å². The molecule has 0 aromatic heterocycles. The molecule has 0 aliphatic carbocycles. The predicted octanol–water partition coefficient (Wildman–Crippen LogP) is 3.64. The Hall–Kier alpha value is -2.81. The molecule has 2 aromatic rings. The van der Waals surface area contributed by atoms with Crippen molar-refractivity contribution in [1.29, 1.82) is 0 Å². The van der Waals surface area contributed by atoms with Gasteiger partial charge in [-0.1, -0.05) is 19.1 Å². The molecule has 5 nitrogen and oxygen atoms in total. The number of hydrogen-bond acceptors (Lipinski definition) is 3. The molecule has 1 amide bonds. The van der Waals surface area contributed by atoms with E-state index in [2.05, 4.69) is 10.2 Å². The van der Waals surface area contributed by atoms with Gasteiger partial charge in [0.15, 0.2) is 6.17 Å². The molecule has 0 spiro atoms. The number of rotatable bonds is 5. The van der Waals surface area contributed by atoms with E-state index in [0.717, 1.165) is 10.8 Å². The molecule has 0 unspecified atom stereocenters. The SMILES string of the molecule is [C-]#[N+]c1cc2cccc(OC[C@H]3NC(=O)[C@@H](F)[C@H]3CC)c2cc1OC. The van der Waals surface area contributed by atoms with Crippen LogP contribution >= 0.6 is 0 Å². The van der Waals surface area contributed by atoms with Gasteiger partial charge in [-0.3, -0.25) is 4.79 Å². The van der Waals surface area contributed by atoms with Gasteiger partial charge in [-0.05, 0) is 30.0 Å². The zero-order valence-corrected chi connectivity index (χ0v) is 14.1. The van der Waals surface area contributed by atoms with E-state index in [-0.39, 0.29) is 18.6 Å². The number of alkyl halides is 1. The van der Waals surface area contributed by atoms with Crippen LogP contribution in [0.3, 0.4) is 0 Å². The summed E-state index contributed by atoms with van der Waals surface area (Å²) in [5, 5.41) is 4.32. The van der Waals surface area contributed by atoms with E-state index in [1.807, 2.05) is 25.1 Å². The molecule has 6 heteroatoms. The molecule has 1 aliphatic heterocycles. The van der Waals surface area contributed by atoms with Crippen LogP contribution in [-0.4, -0.2) is 31.8 Å². The van der Waals surface area contributed by atoms with Gasteiger partial charge in [0.05, 0.1) is 19.7 Å². The molecule has 0 radical (unpaired) electrons. The molecule has 3 atom stereocenters. The number of benzene rings is 2. The van der Waals surface area contributed by atoms with Crippen LogP contribution in [0.5, 0.6) is 11.5 Å². The maximum absolute atomic E-state index is 13.9. The molecule has 25 heavy (non-hydrogen) atoms. The molecule has 1 aliphatic rings. The van der Waals surface area contributed by atoms with Crippen LogP contribution in [0.25, 0.3) is 15.6 Å². The molecule has 1 fully saturated rings. The molecule has 0 bridgehead atoms. The van der Waals surface area contributed by atoms with Crippen LogP contribution in [0.4, 0.5) is 10.1 Å². The highest BCUT2D eigenvalue weighted by atomic mass is 19.1. The summed E-state index contributed by atoms with van der Waals surface area (Å²) in [6.07, 6.45) is -0.918. The highest BCUT2D eigenvalue weighted by Crippen LogP contribution is 2.37. The van der Waals surface area contributed by atoms with E-state index < -0.39 is 12.1 Å². The Labute approximate surface area is 145 Å². The Morgan fingerprint density at radius 3 is 2.80 bits per heavy atom. The Bertz CT molecular complexity index is 846. The molecule has 130 valence electrons. The second kappa shape index (κ2) is 6.98. The maximum Gasteiger partial charge on any atom is 0.255 e. The Kier molecular flexibility index (Phi) is 4.75. The first-order valence-electron chi connectivity index (χ1n) is 8.14. The van der Waals surface area contributed by atoms with Crippen molar-refractivity contribution in [3.05, 3.63) is 41.7 Å². The molecule has 2 aromatic carbocycles. The monoisotopic (exact) mass is 342 g/mol. The van der Waals surface area contributed by atoms with Crippen LogP contribution in [-0.2, 0) is 4.79 Å². The number of carbonyl (C=O) groups excluding carboxylic acids is 1. The van der Waals surface area contributed by atoms with E-state index in [0.29, 0.717) is 23.6 Å². The smallest absolute Gasteiger partial charge is 0.255 e. The number of fused-ring (bicyclic) bond motifs is 1. The second-order valence-electron chi connectivity index (χ2n) is 6.01. The quantitative estimate of drug-likeness (QED) is 0.844. The fourth-order valence-electron chi connectivity index (χ4n) is 3.25. The largest absolute Gasteiger partial charge is 0.508 e. The van der Waals surface area contributed by atoms with E-state index in [4.69, 9.17) is 16.0 Å². The lowest BCUT2D eigenvalue weighted by atomic mass is 9.97. The number of amides is 1. The molecular weight excluding hydrogens is 323 g/mol. The average Bonchev–Trinajstić information content (AvgIpc) is 2.91. The van der Waals surface area contributed by atoms with Gasteiger partial charge >= 0.3 is 0 Å². The number of ether oxygens (including phenoxy) is 2. The second-order valence-corrected chi connectivity index (χ2v) is 6.01. The summed E-state index contributed by atoms with van der Waals surface area (Å²) in [4.78, 5) is 15.0. The van der Waals surface area contributed by atoms with Crippen molar-refractivity contribution in [2.75, 3.05) is 13.7 Å². The topological polar surface area (TPSA) is 51.9 Å². The first kappa shape index (κ1) is 17.0. The Morgan fingerprint density at radius 1 is 1.32 bits per heavy atom. The van der Waals surface area contributed by atoms with Gasteiger partial charge in [0, 0.05) is 11.3 Å². The van der Waals surface area contributed by atoms with Gasteiger partial charge in [-0.25, -0.2) is 9.24 Å². The summed E-state index contributed by atoms with van der Waals surface area (Å²) in [6, 6.07) is 8.69. The number of carbonyl (C=O) groups is 1. The van der Waals surface area contributed by atoms with Gasteiger partial charge in [-0.15, -0.1) is 0 Å². The van der Waals surface area contributed by atoms with E-state index in [1.165, 1.54) is 7.11 Å². The first-order chi connectivity index (χ1) is 12.1. The number of methoxy groups -OCH3 is 1. The Balaban J connectivity index is 1.87. The highest BCUT2D eigenvalue weighted by Gasteiger charge is 2.41. The van der Waals surface area contributed by atoms with Crippen LogP contribution in [0.2, 0.25) is 0 Å². The highest BCUT2D eigenvalue weighted by molar-refractivity contribution is 5.93. The molecule has 1 N–H and O–H groups in total. The van der Waals surface area contributed by atoms with Crippen molar-refractivity contribution in [2.24, 2.45) is 5.92 Å². The van der Waals surface area contributed by atoms with Crippen molar-refractivity contribution in [2.45, 2.75) is 25.6 Å². The lowest BCUT2D eigenvalue weighted by Gasteiger charge is -2.19. The molecule has 0 saturated carbocycles. The van der Waals surface area contributed by atoms with Crippen molar-refractivity contribution in [3.8, 4) is 11.5 Å². The minimum Gasteiger partial charge on any atom is -0.508 e. The average molecular weight is 342 g/mol. The first-order valence-corrected chi connectivity index (χ1v) is 8.14. The third-order valence-electron chi connectivity index (χ3n) is 4.62.